The molecule has 1 aliphatic rings. The second-order valence-electron chi connectivity index (χ2n) is 6.97. The summed E-state index contributed by atoms with van der Waals surface area (Å²) >= 11 is 0. The van der Waals surface area contributed by atoms with Crippen molar-refractivity contribution in [2.45, 2.75) is 39.3 Å². The molecular formula is C20H34N4O. The Morgan fingerprint density at radius 1 is 1.16 bits per heavy atom. The number of benzene rings is 1. The molecule has 0 aliphatic carbocycles. The molecule has 5 heteroatoms. The van der Waals surface area contributed by atoms with Crippen LogP contribution in [0.2, 0.25) is 0 Å². The Morgan fingerprint density at radius 3 is 2.48 bits per heavy atom. The summed E-state index contributed by atoms with van der Waals surface area (Å²) in [6.07, 6.45) is 3.64. The van der Waals surface area contributed by atoms with Gasteiger partial charge in [0.05, 0.1) is 0 Å². The average Bonchev–Trinajstić information content (AvgIpc) is 2.64. The summed E-state index contributed by atoms with van der Waals surface area (Å²) in [5.41, 5.74) is 2.68. The third-order valence-corrected chi connectivity index (χ3v) is 4.81. The normalized spacial score (nSPS) is 16.8. The van der Waals surface area contributed by atoms with Gasteiger partial charge in [0.15, 0.2) is 5.96 Å². The highest BCUT2D eigenvalue weighted by Crippen LogP contribution is 2.18. The number of hydrogen-bond acceptors (Lipinski definition) is 3. The van der Waals surface area contributed by atoms with Gasteiger partial charge in [-0.05, 0) is 49.4 Å². The predicted octanol–water partition coefficient (Wildman–Crippen LogP) is 2.62. The largest absolute Gasteiger partial charge is 0.385 e. The maximum atomic E-state index is 5.05. The molecule has 5 nitrogen and oxygen atoms in total. The number of hydrogen-bond donors (Lipinski definition) is 2. The predicted molar refractivity (Wildman–Crippen MR) is 105 cm³/mol. The Balaban J connectivity index is 1.72. The summed E-state index contributed by atoms with van der Waals surface area (Å²) in [5, 5.41) is 6.65. The number of nitrogens with zero attached hydrogens (tertiary/aromatic N) is 2. The molecule has 2 N–H and O–H groups in total. The van der Waals surface area contributed by atoms with Crippen LogP contribution in [0.5, 0.6) is 0 Å². The summed E-state index contributed by atoms with van der Waals surface area (Å²) < 4.78 is 5.05. The number of likely N-dealkylation sites (tertiary alicyclic amines) is 1. The molecule has 1 heterocycles. The van der Waals surface area contributed by atoms with Crippen molar-refractivity contribution in [3.63, 3.8) is 0 Å². The maximum Gasteiger partial charge on any atom is 0.191 e. The van der Waals surface area contributed by atoms with E-state index in [9.17, 15) is 0 Å². The van der Waals surface area contributed by atoms with E-state index in [-0.39, 0.29) is 0 Å². The molecule has 140 valence electrons. The molecule has 25 heavy (non-hydrogen) atoms. The fourth-order valence-corrected chi connectivity index (χ4v) is 3.07. The lowest BCUT2D eigenvalue weighted by Gasteiger charge is -2.30. The lowest BCUT2D eigenvalue weighted by atomic mass is 9.99. The molecule has 1 aromatic carbocycles. The zero-order chi connectivity index (χ0) is 17.9. The third kappa shape index (κ3) is 7.45. The summed E-state index contributed by atoms with van der Waals surface area (Å²) in [5.74, 6) is 1.73. The topological polar surface area (TPSA) is 48.9 Å². The molecule has 1 aliphatic heterocycles. The minimum atomic E-state index is 0.765. The van der Waals surface area contributed by atoms with Crippen LogP contribution in [0.3, 0.4) is 0 Å². The molecule has 1 fully saturated rings. The van der Waals surface area contributed by atoms with E-state index in [2.05, 4.69) is 51.7 Å². The number of methoxy groups -OCH3 is 1. The molecule has 0 radical (unpaired) electrons. The lowest BCUT2D eigenvalue weighted by molar-refractivity contribution is 0.185. The van der Waals surface area contributed by atoms with Gasteiger partial charge in [0.25, 0.3) is 0 Å². The van der Waals surface area contributed by atoms with Gasteiger partial charge in [-0.1, -0.05) is 31.2 Å². The van der Waals surface area contributed by atoms with Gasteiger partial charge in [-0.25, -0.2) is 0 Å². The molecule has 1 aromatic rings. The molecule has 2 rings (SSSR count). The minimum Gasteiger partial charge on any atom is -0.385 e. The molecular weight excluding hydrogens is 312 g/mol. The van der Waals surface area contributed by atoms with E-state index in [0.29, 0.717) is 0 Å². The monoisotopic (exact) mass is 346 g/mol. The van der Waals surface area contributed by atoms with Crippen molar-refractivity contribution in [3.05, 3.63) is 35.4 Å². The second kappa shape index (κ2) is 11.1. The van der Waals surface area contributed by atoms with Crippen LogP contribution in [0.15, 0.2) is 29.3 Å². The van der Waals surface area contributed by atoms with Crippen LogP contribution in [0, 0.1) is 5.92 Å². The van der Waals surface area contributed by atoms with Crippen LogP contribution in [0.4, 0.5) is 0 Å². The molecule has 0 unspecified atom stereocenters. The molecule has 0 atom stereocenters. The molecule has 0 saturated carbocycles. The van der Waals surface area contributed by atoms with Gasteiger partial charge in [-0.3, -0.25) is 9.89 Å². The average molecular weight is 347 g/mol. The Bertz CT molecular complexity index is 507. The number of piperidine rings is 1. The van der Waals surface area contributed by atoms with E-state index < -0.39 is 0 Å². The fourth-order valence-electron chi connectivity index (χ4n) is 3.07. The van der Waals surface area contributed by atoms with Crippen molar-refractivity contribution in [2.24, 2.45) is 10.9 Å². The van der Waals surface area contributed by atoms with Gasteiger partial charge in [-0.15, -0.1) is 0 Å². The highest BCUT2D eigenvalue weighted by Gasteiger charge is 2.15. The fraction of sp³-hybridized carbons (Fsp3) is 0.650. The van der Waals surface area contributed by atoms with Gasteiger partial charge in [0.2, 0.25) is 0 Å². The van der Waals surface area contributed by atoms with E-state index in [1.807, 2.05) is 0 Å². The number of ether oxygens (including phenoxy) is 1. The zero-order valence-corrected chi connectivity index (χ0v) is 16.1. The minimum absolute atomic E-state index is 0.765. The maximum absolute atomic E-state index is 5.05. The quantitative estimate of drug-likeness (QED) is 0.432. The first-order valence-electron chi connectivity index (χ1n) is 9.45. The van der Waals surface area contributed by atoms with Gasteiger partial charge < -0.3 is 15.4 Å². The van der Waals surface area contributed by atoms with Crippen LogP contribution in [-0.4, -0.2) is 51.3 Å². The van der Waals surface area contributed by atoms with Crippen LogP contribution in [0.25, 0.3) is 0 Å². The molecule has 0 amide bonds. The van der Waals surface area contributed by atoms with Gasteiger partial charge in [-0.2, -0.15) is 0 Å². The van der Waals surface area contributed by atoms with Gasteiger partial charge >= 0.3 is 0 Å². The number of nitrogens with one attached hydrogen (secondary N) is 2. The zero-order valence-electron chi connectivity index (χ0n) is 16.1. The smallest absolute Gasteiger partial charge is 0.191 e. The molecule has 0 spiro atoms. The Morgan fingerprint density at radius 2 is 1.84 bits per heavy atom. The van der Waals surface area contributed by atoms with Crippen molar-refractivity contribution in [1.82, 2.24) is 15.5 Å². The summed E-state index contributed by atoms with van der Waals surface area (Å²) in [6.45, 7) is 8.31. The molecule has 1 saturated heterocycles. The Labute approximate surface area is 152 Å². The number of rotatable bonds is 8. The first kappa shape index (κ1) is 19.7. The van der Waals surface area contributed by atoms with Gasteiger partial charge in [0, 0.05) is 40.4 Å². The van der Waals surface area contributed by atoms with Crippen molar-refractivity contribution in [2.75, 3.05) is 40.4 Å². The summed E-state index contributed by atoms with van der Waals surface area (Å²) in [7, 11) is 3.52. The van der Waals surface area contributed by atoms with Crippen LogP contribution in [-0.2, 0) is 17.8 Å². The van der Waals surface area contributed by atoms with E-state index in [4.69, 9.17) is 4.74 Å². The van der Waals surface area contributed by atoms with Crippen molar-refractivity contribution in [3.8, 4) is 0 Å². The van der Waals surface area contributed by atoms with Crippen LogP contribution in [0.1, 0.15) is 37.3 Å². The standard InChI is InChI=1S/C20H34N4O/c1-17-9-12-24(13-10-17)16-19-7-5-18(6-8-19)15-23-20(21-2)22-11-4-14-25-3/h5-8,17H,4,9-16H2,1-3H3,(H2,21,22,23). The van der Waals surface area contributed by atoms with Crippen molar-refractivity contribution < 1.29 is 4.74 Å². The van der Waals surface area contributed by atoms with Gasteiger partial charge in [0.1, 0.15) is 0 Å². The van der Waals surface area contributed by atoms with Crippen molar-refractivity contribution in [1.29, 1.82) is 0 Å². The summed E-state index contributed by atoms with van der Waals surface area (Å²) in [6, 6.07) is 8.94. The number of aliphatic imine (C=N–C) groups is 1. The van der Waals surface area contributed by atoms with E-state index in [1.165, 1.54) is 37.1 Å². The first-order valence-corrected chi connectivity index (χ1v) is 9.45. The second-order valence-corrected chi connectivity index (χ2v) is 6.97. The van der Waals surface area contributed by atoms with Crippen molar-refractivity contribution >= 4 is 5.96 Å². The molecule has 0 bridgehead atoms. The first-order chi connectivity index (χ1) is 12.2. The molecule has 0 aromatic heterocycles. The van der Waals surface area contributed by atoms with E-state index >= 15 is 0 Å². The SMILES string of the molecule is CN=C(NCCCOC)NCc1ccc(CN2CCC(C)CC2)cc1. The highest BCUT2D eigenvalue weighted by atomic mass is 16.5. The Hall–Kier alpha value is -1.59. The third-order valence-electron chi connectivity index (χ3n) is 4.81. The van der Waals surface area contributed by atoms with E-state index in [0.717, 1.165) is 44.5 Å². The lowest BCUT2D eigenvalue weighted by Crippen LogP contribution is -2.37. The van der Waals surface area contributed by atoms with Crippen LogP contribution >= 0.6 is 0 Å². The summed E-state index contributed by atoms with van der Waals surface area (Å²) in [4.78, 5) is 6.82. The Kier molecular flexibility index (Phi) is 8.77. The van der Waals surface area contributed by atoms with Crippen LogP contribution < -0.4 is 10.6 Å². The highest BCUT2D eigenvalue weighted by molar-refractivity contribution is 5.79. The van der Waals surface area contributed by atoms with E-state index in [1.54, 1.807) is 14.2 Å². The number of guanidine groups is 1.